The van der Waals surface area contributed by atoms with Crippen LogP contribution in [0.25, 0.3) is 5.69 Å². The Morgan fingerprint density at radius 1 is 1.24 bits per heavy atom. The van der Waals surface area contributed by atoms with Crippen LogP contribution >= 0.6 is 23.1 Å². The van der Waals surface area contributed by atoms with Crippen molar-refractivity contribution in [2.24, 2.45) is 0 Å². The van der Waals surface area contributed by atoms with Crippen LogP contribution in [0.5, 0.6) is 11.5 Å². The molecule has 9 heteroatoms. The molecule has 1 aliphatic heterocycles. The lowest BCUT2D eigenvalue weighted by molar-refractivity contribution is 0.102. The number of fused-ring (bicyclic) bond motifs is 1. The van der Waals surface area contributed by atoms with E-state index in [4.69, 9.17) is 9.47 Å². The van der Waals surface area contributed by atoms with Crippen LogP contribution in [-0.2, 0) is 0 Å². The predicted octanol–water partition coefficient (Wildman–Crippen LogP) is 4.47. The summed E-state index contributed by atoms with van der Waals surface area (Å²) in [5.41, 5.74) is 3.57. The lowest BCUT2D eigenvalue weighted by Crippen LogP contribution is -2.08. The fourth-order valence-electron chi connectivity index (χ4n) is 3.25. The maximum absolute atomic E-state index is 12.9. The number of hydrogen-bond donors (Lipinski definition) is 1. The molecule has 3 heterocycles. The van der Waals surface area contributed by atoms with Gasteiger partial charge >= 0.3 is 0 Å². The summed E-state index contributed by atoms with van der Waals surface area (Å²) in [7, 11) is 0. The monoisotopic (exact) mass is 430 g/mol. The average Bonchev–Trinajstić information content (AvgIpc) is 3.38. The summed E-state index contributed by atoms with van der Waals surface area (Å²) in [6, 6.07) is 8.04. The topological polar surface area (TPSA) is 78.3 Å². The minimum atomic E-state index is 0.0728. The van der Waals surface area contributed by atoms with Crippen molar-refractivity contribution in [2.45, 2.75) is 38.1 Å². The first-order valence-corrected chi connectivity index (χ1v) is 11.1. The van der Waals surface area contributed by atoms with Gasteiger partial charge in [-0.1, -0.05) is 23.1 Å². The van der Waals surface area contributed by atoms with E-state index in [2.05, 4.69) is 20.1 Å². The zero-order chi connectivity index (χ0) is 20.5. The zero-order valence-electron chi connectivity index (χ0n) is 16.7. The van der Waals surface area contributed by atoms with Crippen LogP contribution in [0.15, 0.2) is 28.6 Å². The zero-order valence-corrected chi connectivity index (χ0v) is 18.3. The molecule has 2 aromatic heterocycles. The van der Waals surface area contributed by atoms with Gasteiger partial charge in [0.25, 0.3) is 0 Å². The molecule has 0 bridgehead atoms. The Bertz CT molecular complexity index is 1060. The minimum Gasteiger partial charge on any atom is -0.454 e. The standard InChI is InChI=1S/C20H22N4O3S2/c1-11(2)21-19-22-23-20(29-19)28-9-16(25)15-7-12(3)24(13(15)4)14-5-6-17-18(8-14)27-10-26-17/h5-8,11H,9-10H2,1-4H3,(H,21,22). The Hall–Kier alpha value is -2.52. The van der Waals surface area contributed by atoms with Gasteiger partial charge in [-0.2, -0.15) is 0 Å². The number of thioether (sulfide) groups is 1. The van der Waals surface area contributed by atoms with Crippen LogP contribution in [0.1, 0.15) is 35.6 Å². The number of benzene rings is 1. The number of Topliss-reactive ketones (excluding diaryl/α,β-unsaturated/α-hetero) is 1. The summed E-state index contributed by atoms with van der Waals surface area (Å²) < 4.78 is 13.7. The highest BCUT2D eigenvalue weighted by Crippen LogP contribution is 2.35. The Morgan fingerprint density at radius 2 is 2.03 bits per heavy atom. The SMILES string of the molecule is Cc1cc(C(=O)CSc2nnc(NC(C)C)s2)c(C)n1-c1ccc2c(c1)OCO2. The van der Waals surface area contributed by atoms with E-state index in [1.165, 1.54) is 23.1 Å². The second-order valence-corrected chi connectivity index (χ2v) is 9.24. The van der Waals surface area contributed by atoms with Gasteiger partial charge in [0, 0.05) is 34.7 Å². The Labute approximate surface area is 177 Å². The van der Waals surface area contributed by atoms with Crippen molar-refractivity contribution in [1.29, 1.82) is 0 Å². The predicted molar refractivity (Wildman–Crippen MR) is 115 cm³/mol. The number of nitrogens with one attached hydrogen (secondary N) is 1. The molecule has 1 aliphatic rings. The molecular formula is C20H22N4O3S2. The molecule has 29 heavy (non-hydrogen) atoms. The third-order valence-electron chi connectivity index (χ3n) is 4.49. The largest absolute Gasteiger partial charge is 0.454 e. The van der Waals surface area contributed by atoms with Crippen LogP contribution in [0.3, 0.4) is 0 Å². The molecule has 0 saturated carbocycles. The van der Waals surface area contributed by atoms with Crippen molar-refractivity contribution < 1.29 is 14.3 Å². The molecular weight excluding hydrogens is 408 g/mol. The summed E-state index contributed by atoms with van der Waals surface area (Å²) in [5, 5.41) is 12.3. The summed E-state index contributed by atoms with van der Waals surface area (Å²) >= 11 is 2.88. The molecule has 0 radical (unpaired) electrons. The van der Waals surface area contributed by atoms with Gasteiger partial charge in [0.2, 0.25) is 11.9 Å². The number of hydrogen-bond acceptors (Lipinski definition) is 8. The number of anilines is 1. The van der Waals surface area contributed by atoms with Gasteiger partial charge in [0.15, 0.2) is 21.6 Å². The maximum Gasteiger partial charge on any atom is 0.231 e. The molecule has 0 spiro atoms. The number of carbonyl (C=O) groups excluding carboxylic acids is 1. The van der Waals surface area contributed by atoms with Gasteiger partial charge in [-0.15, -0.1) is 10.2 Å². The van der Waals surface area contributed by atoms with E-state index in [-0.39, 0.29) is 12.6 Å². The quantitative estimate of drug-likeness (QED) is 0.438. The molecule has 1 aromatic carbocycles. The highest BCUT2D eigenvalue weighted by atomic mass is 32.2. The summed E-state index contributed by atoms with van der Waals surface area (Å²) in [6.45, 7) is 8.30. The van der Waals surface area contributed by atoms with Crippen molar-refractivity contribution in [3.63, 3.8) is 0 Å². The molecule has 3 aromatic rings. The average molecular weight is 431 g/mol. The van der Waals surface area contributed by atoms with E-state index >= 15 is 0 Å². The number of nitrogens with zero attached hydrogens (tertiary/aromatic N) is 3. The van der Waals surface area contributed by atoms with Crippen molar-refractivity contribution in [2.75, 3.05) is 17.9 Å². The fourth-order valence-corrected chi connectivity index (χ4v) is 5.03. The van der Waals surface area contributed by atoms with E-state index in [1.807, 2.05) is 52.0 Å². The van der Waals surface area contributed by atoms with Crippen LogP contribution in [-0.4, -0.2) is 39.1 Å². The van der Waals surface area contributed by atoms with E-state index < -0.39 is 0 Å². The first kappa shape index (κ1) is 19.8. The lowest BCUT2D eigenvalue weighted by Gasteiger charge is -2.10. The van der Waals surface area contributed by atoms with Crippen molar-refractivity contribution in [3.8, 4) is 17.2 Å². The van der Waals surface area contributed by atoms with Crippen LogP contribution in [0, 0.1) is 13.8 Å². The number of ketones is 1. The van der Waals surface area contributed by atoms with Gasteiger partial charge in [0.05, 0.1) is 5.75 Å². The highest BCUT2D eigenvalue weighted by molar-refractivity contribution is 8.01. The normalized spacial score (nSPS) is 12.6. The second-order valence-electron chi connectivity index (χ2n) is 7.04. The molecule has 0 atom stereocenters. The second kappa shape index (κ2) is 8.08. The summed E-state index contributed by atoms with van der Waals surface area (Å²) in [6.07, 6.45) is 0. The van der Waals surface area contributed by atoms with E-state index in [1.54, 1.807) is 0 Å². The molecule has 0 unspecified atom stereocenters. The first-order chi connectivity index (χ1) is 13.9. The fraction of sp³-hybridized carbons (Fsp3) is 0.350. The highest BCUT2D eigenvalue weighted by Gasteiger charge is 2.20. The van der Waals surface area contributed by atoms with Crippen LogP contribution in [0.4, 0.5) is 5.13 Å². The van der Waals surface area contributed by atoms with Gasteiger partial charge in [-0.05, 0) is 45.9 Å². The van der Waals surface area contributed by atoms with Crippen molar-refractivity contribution >= 4 is 34.0 Å². The van der Waals surface area contributed by atoms with Gasteiger partial charge in [0.1, 0.15) is 0 Å². The molecule has 152 valence electrons. The third-order valence-corrected chi connectivity index (χ3v) is 6.48. The lowest BCUT2D eigenvalue weighted by atomic mass is 10.2. The molecule has 0 aliphatic carbocycles. The van der Waals surface area contributed by atoms with Crippen molar-refractivity contribution in [1.82, 2.24) is 14.8 Å². The number of carbonyl (C=O) groups is 1. The molecule has 0 amide bonds. The Balaban J connectivity index is 1.50. The van der Waals surface area contributed by atoms with E-state index in [9.17, 15) is 4.79 Å². The van der Waals surface area contributed by atoms with Gasteiger partial charge in [-0.25, -0.2) is 0 Å². The minimum absolute atomic E-state index is 0.0728. The number of aromatic nitrogens is 3. The molecule has 0 fully saturated rings. The third kappa shape index (κ3) is 4.11. The van der Waals surface area contributed by atoms with Gasteiger partial charge in [-0.3, -0.25) is 4.79 Å². The van der Waals surface area contributed by atoms with Gasteiger partial charge < -0.3 is 19.4 Å². The van der Waals surface area contributed by atoms with Crippen molar-refractivity contribution in [3.05, 3.63) is 41.2 Å². The summed E-state index contributed by atoms with van der Waals surface area (Å²) in [4.78, 5) is 12.9. The number of aryl methyl sites for hydroxylation is 1. The Kier molecular flexibility index (Phi) is 5.51. The molecule has 4 rings (SSSR count). The first-order valence-electron chi connectivity index (χ1n) is 9.27. The summed E-state index contributed by atoms with van der Waals surface area (Å²) in [5.74, 6) is 1.86. The van der Waals surface area contributed by atoms with E-state index in [0.29, 0.717) is 11.8 Å². The smallest absolute Gasteiger partial charge is 0.231 e. The van der Waals surface area contributed by atoms with E-state index in [0.717, 1.165) is 43.6 Å². The molecule has 0 saturated heterocycles. The number of rotatable bonds is 7. The molecule has 1 N–H and O–H groups in total. The molecule has 7 nitrogen and oxygen atoms in total. The number of ether oxygens (including phenoxy) is 2. The van der Waals surface area contributed by atoms with Crippen LogP contribution in [0.2, 0.25) is 0 Å². The van der Waals surface area contributed by atoms with Crippen LogP contribution < -0.4 is 14.8 Å². The maximum atomic E-state index is 12.9. The Morgan fingerprint density at radius 3 is 2.83 bits per heavy atom.